The van der Waals surface area contributed by atoms with Gasteiger partial charge in [0.05, 0.1) is 0 Å². The zero-order valence-electron chi connectivity index (χ0n) is 14.8. The Labute approximate surface area is 136 Å². The van der Waals surface area contributed by atoms with Gasteiger partial charge < -0.3 is 16.5 Å². The normalized spacial score (nSPS) is 19.4. The molecule has 3 nitrogen and oxygen atoms in total. The van der Waals surface area contributed by atoms with Crippen LogP contribution >= 0.6 is 0 Å². The van der Waals surface area contributed by atoms with Crippen molar-refractivity contribution in [1.82, 2.24) is 4.98 Å². The Balaban J connectivity index is 1.67. The van der Waals surface area contributed by atoms with Crippen molar-refractivity contribution in [3.05, 3.63) is 11.1 Å². The second-order valence-electron chi connectivity index (χ2n) is 7.88. The van der Waals surface area contributed by atoms with Crippen LogP contribution in [-0.2, 0) is 12.8 Å². The molecule has 1 aliphatic rings. The van der Waals surface area contributed by atoms with Crippen molar-refractivity contribution in [3.8, 4) is 0 Å². The van der Waals surface area contributed by atoms with Gasteiger partial charge in [-0.2, -0.15) is 0 Å². The van der Waals surface area contributed by atoms with Crippen LogP contribution in [0.2, 0.25) is 0 Å². The fourth-order valence-electron chi connectivity index (χ4n) is 3.90. The summed E-state index contributed by atoms with van der Waals surface area (Å²) in [4.78, 5) is 3.10. The fourth-order valence-corrected chi connectivity index (χ4v) is 3.90. The van der Waals surface area contributed by atoms with Crippen LogP contribution in [0.5, 0.6) is 0 Å². The molecule has 0 spiro atoms. The molecule has 0 aliphatic heterocycles. The highest BCUT2D eigenvalue weighted by atomic mass is 14.9. The number of nitrogens with two attached hydrogens (primary N) is 2. The van der Waals surface area contributed by atoms with Crippen LogP contribution in [0.4, 0.5) is 11.6 Å². The van der Waals surface area contributed by atoms with Crippen LogP contribution in [-0.4, -0.2) is 4.98 Å². The van der Waals surface area contributed by atoms with Gasteiger partial charge in [-0.15, -0.1) is 0 Å². The van der Waals surface area contributed by atoms with Crippen LogP contribution in [0.3, 0.4) is 0 Å². The minimum atomic E-state index is 0.796. The summed E-state index contributed by atoms with van der Waals surface area (Å²) in [6.07, 6.45) is 11.8. The molecular formula is C19H35N3. The van der Waals surface area contributed by atoms with Crippen molar-refractivity contribution in [3.63, 3.8) is 0 Å². The number of rotatable bonds is 8. The van der Waals surface area contributed by atoms with Crippen molar-refractivity contribution in [2.75, 3.05) is 11.5 Å². The molecule has 2 rings (SSSR count). The Kier molecular flexibility index (Phi) is 6.22. The van der Waals surface area contributed by atoms with E-state index in [9.17, 15) is 0 Å². The SMILES string of the molecule is CC(C)CCCC(C)CCCC1CCc2c(N)[nH]c(N)c2C1. The first-order valence-electron chi connectivity index (χ1n) is 9.22. The molecule has 22 heavy (non-hydrogen) atoms. The van der Waals surface area contributed by atoms with Gasteiger partial charge >= 0.3 is 0 Å². The van der Waals surface area contributed by atoms with Gasteiger partial charge in [0.2, 0.25) is 0 Å². The molecule has 0 radical (unpaired) electrons. The monoisotopic (exact) mass is 305 g/mol. The number of H-pyrrole nitrogens is 1. The maximum Gasteiger partial charge on any atom is 0.105 e. The number of nitrogens with one attached hydrogen (secondary N) is 1. The van der Waals surface area contributed by atoms with E-state index in [1.54, 1.807) is 0 Å². The van der Waals surface area contributed by atoms with Crippen LogP contribution in [0.1, 0.15) is 76.8 Å². The number of hydrogen-bond donors (Lipinski definition) is 3. The van der Waals surface area contributed by atoms with E-state index in [0.29, 0.717) is 0 Å². The van der Waals surface area contributed by atoms with Crippen molar-refractivity contribution >= 4 is 11.6 Å². The number of aromatic nitrogens is 1. The summed E-state index contributed by atoms with van der Waals surface area (Å²) < 4.78 is 0. The molecule has 1 aromatic rings. The van der Waals surface area contributed by atoms with Crippen molar-refractivity contribution in [1.29, 1.82) is 0 Å². The second kappa shape index (κ2) is 7.94. The van der Waals surface area contributed by atoms with Gasteiger partial charge in [0, 0.05) is 0 Å². The van der Waals surface area contributed by atoms with E-state index in [1.807, 2.05) is 0 Å². The van der Waals surface area contributed by atoms with E-state index in [4.69, 9.17) is 11.5 Å². The van der Waals surface area contributed by atoms with Gasteiger partial charge in [-0.05, 0) is 48.1 Å². The lowest BCUT2D eigenvalue weighted by Crippen LogP contribution is -2.15. The third-order valence-electron chi connectivity index (χ3n) is 5.37. The number of anilines is 2. The van der Waals surface area contributed by atoms with Crippen LogP contribution in [0.25, 0.3) is 0 Å². The summed E-state index contributed by atoms with van der Waals surface area (Å²) in [7, 11) is 0. The van der Waals surface area contributed by atoms with Crippen molar-refractivity contribution in [2.24, 2.45) is 17.8 Å². The quantitative estimate of drug-likeness (QED) is 0.638. The summed E-state index contributed by atoms with van der Waals surface area (Å²) in [5.74, 6) is 4.13. The molecule has 3 heteroatoms. The molecule has 5 N–H and O–H groups in total. The maximum atomic E-state index is 6.04. The molecule has 0 amide bonds. The molecule has 1 aliphatic carbocycles. The van der Waals surface area contributed by atoms with Crippen LogP contribution in [0, 0.1) is 17.8 Å². The fraction of sp³-hybridized carbons (Fsp3) is 0.789. The third kappa shape index (κ3) is 4.69. The van der Waals surface area contributed by atoms with Crippen LogP contribution in [0.15, 0.2) is 0 Å². The molecule has 2 atom stereocenters. The Bertz CT molecular complexity index is 461. The van der Waals surface area contributed by atoms with E-state index in [0.717, 1.165) is 42.2 Å². The average Bonchev–Trinajstić information content (AvgIpc) is 2.73. The Morgan fingerprint density at radius 2 is 1.68 bits per heavy atom. The first-order valence-corrected chi connectivity index (χ1v) is 9.22. The predicted octanol–water partition coefficient (Wildman–Crippen LogP) is 4.92. The lowest BCUT2D eigenvalue weighted by atomic mass is 9.82. The first kappa shape index (κ1) is 17.2. The van der Waals surface area contributed by atoms with E-state index >= 15 is 0 Å². The minimum absolute atomic E-state index is 0.796. The minimum Gasteiger partial charge on any atom is -0.385 e. The largest absolute Gasteiger partial charge is 0.385 e. The number of fused-ring (bicyclic) bond motifs is 1. The van der Waals surface area contributed by atoms with Gasteiger partial charge in [-0.25, -0.2) is 0 Å². The lowest BCUT2D eigenvalue weighted by molar-refractivity contribution is 0.370. The van der Waals surface area contributed by atoms with Gasteiger partial charge in [-0.3, -0.25) is 0 Å². The molecule has 2 unspecified atom stereocenters. The highest BCUT2D eigenvalue weighted by Gasteiger charge is 2.23. The number of nitrogen functional groups attached to an aromatic ring is 2. The van der Waals surface area contributed by atoms with Gasteiger partial charge in [-0.1, -0.05) is 59.3 Å². The smallest absolute Gasteiger partial charge is 0.105 e. The molecule has 0 bridgehead atoms. The number of aromatic amines is 1. The predicted molar refractivity (Wildman–Crippen MR) is 96.8 cm³/mol. The maximum absolute atomic E-state index is 6.04. The van der Waals surface area contributed by atoms with Gasteiger partial charge in [0.15, 0.2) is 0 Å². The van der Waals surface area contributed by atoms with Crippen molar-refractivity contribution < 1.29 is 0 Å². The first-order chi connectivity index (χ1) is 10.5. The average molecular weight is 306 g/mol. The highest BCUT2D eigenvalue weighted by molar-refractivity contribution is 5.59. The zero-order valence-corrected chi connectivity index (χ0v) is 14.8. The Morgan fingerprint density at radius 1 is 1.00 bits per heavy atom. The summed E-state index contributed by atoms with van der Waals surface area (Å²) in [5.41, 5.74) is 14.6. The summed E-state index contributed by atoms with van der Waals surface area (Å²) in [5, 5.41) is 0. The standard InChI is InChI=1S/C19H35N3/c1-13(2)6-4-7-14(3)8-5-9-15-10-11-16-17(12-15)19(21)22-18(16)20/h13-15,22H,4-12,20-21H2,1-3H3. The lowest BCUT2D eigenvalue weighted by Gasteiger charge is -2.23. The molecule has 1 aromatic heterocycles. The molecular weight excluding hydrogens is 270 g/mol. The second-order valence-corrected chi connectivity index (χ2v) is 7.88. The third-order valence-corrected chi connectivity index (χ3v) is 5.37. The summed E-state index contributed by atoms with van der Waals surface area (Å²) >= 11 is 0. The summed E-state index contributed by atoms with van der Waals surface area (Å²) in [6, 6.07) is 0. The molecule has 0 fully saturated rings. The topological polar surface area (TPSA) is 67.8 Å². The van der Waals surface area contributed by atoms with E-state index in [-0.39, 0.29) is 0 Å². The molecule has 0 saturated heterocycles. The Morgan fingerprint density at radius 3 is 2.41 bits per heavy atom. The molecule has 0 aromatic carbocycles. The highest BCUT2D eigenvalue weighted by Crippen LogP contribution is 2.35. The molecule has 126 valence electrons. The molecule has 0 saturated carbocycles. The zero-order chi connectivity index (χ0) is 16.1. The van der Waals surface area contributed by atoms with Crippen LogP contribution < -0.4 is 11.5 Å². The molecule has 1 heterocycles. The van der Waals surface area contributed by atoms with E-state index in [2.05, 4.69) is 25.8 Å². The Hall–Kier alpha value is -1.12. The number of hydrogen-bond acceptors (Lipinski definition) is 2. The van der Waals surface area contributed by atoms with E-state index < -0.39 is 0 Å². The van der Waals surface area contributed by atoms with Gasteiger partial charge in [0.25, 0.3) is 0 Å². The van der Waals surface area contributed by atoms with Crippen molar-refractivity contribution in [2.45, 2.75) is 78.6 Å². The van der Waals surface area contributed by atoms with Gasteiger partial charge in [0.1, 0.15) is 11.6 Å². The summed E-state index contributed by atoms with van der Waals surface area (Å²) in [6.45, 7) is 7.06. The van der Waals surface area contributed by atoms with E-state index in [1.165, 1.54) is 56.1 Å².